The minimum absolute atomic E-state index is 0.0418. The van der Waals surface area contributed by atoms with E-state index in [2.05, 4.69) is 20.6 Å². The molecule has 1 aliphatic carbocycles. The maximum Gasteiger partial charge on any atom is 0.255 e. The van der Waals surface area contributed by atoms with Crippen LogP contribution in [0.15, 0.2) is 59.7 Å². The van der Waals surface area contributed by atoms with Crippen molar-refractivity contribution in [3.05, 3.63) is 71.0 Å². The van der Waals surface area contributed by atoms with E-state index in [9.17, 15) is 14.0 Å². The van der Waals surface area contributed by atoms with Gasteiger partial charge in [-0.2, -0.15) is 0 Å². The molecule has 8 heteroatoms. The van der Waals surface area contributed by atoms with E-state index in [4.69, 9.17) is 0 Å². The molecule has 1 amide bonds. The molecular weight excluding hydrogens is 397 g/mol. The fourth-order valence-electron chi connectivity index (χ4n) is 4.03. The molecule has 160 valence electrons. The van der Waals surface area contributed by atoms with Crippen LogP contribution in [0, 0.1) is 11.7 Å². The van der Waals surface area contributed by atoms with Gasteiger partial charge in [0.25, 0.3) is 5.56 Å². The lowest BCUT2D eigenvalue weighted by Crippen LogP contribution is -2.36. The summed E-state index contributed by atoms with van der Waals surface area (Å²) in [6.45, 7) is 0. The highest BCUT2D eigenvalue weighted by Crippen LogP contribution is 2.28. The largest absolute Gasteiger partial charge is 0.359 e. The standard InChI is InChI=1S/C23H24FN5O2/c1-25-22(31)16-7-4-8-17(12-16)27-23-26-14-19(24)21(28-23)15-6-5-9-18(13-15)29-11-3-2-10-20(29)30/h2-3,5-6,9-11,13-14,16-17H,4,7-8,12H2,1H3,(H,25,31)(H,26,27,28). The number of pyridine rings is 1. The van der Waals surface area contributed by atoms with Gasteiger partial charge in [-0.3, -0.25) is 14.2 Å². The molecule has 2 N–H and O–H groups in total. The van der Waals surface area contributed by atoms with Gasteiger partial charge in [-0.15, -0.1) is 0 Å². The Balaban J connectivity index is 1.59. The van der Waals surface area contributed by atoms with E-state index in [0.717, 1.165) is 25.5 Å². The number of anilines is 1. The summed E-state index contributed by atoms with van der Waals surface area (Å²) in [5, 5.41) is 5.97. The van der Waals surface area contributed by atoms with E-state index in [1.807, 2.05) is 0 Å². The summed E-state index contributed by atoms with van der Waals surface area (Å²) >= 11 is 0. The third kappa shape index (κ3) is 4.63. The number of amides is 1. The number of hydrogen-bond donors (Lipinski definition) is 2. The second-order valence-corrected chi connectivity index (χ2v) is 7.67. The van der Waals surface area contributed by atoms with Crippen LogP contribution in [-0.2, 0) is 4.79 Å². The minimum atomic E-state index is -0.546. The Morgan fingerprint density at radius 3 is 2.87 bits per heavy atom. The van der Waals surface area contributed by atoms with E-state index >= 15 is 0 Å². The third-order valence-corrected chi connectivity index (χ3v) is 5.59. The van der Waals surface area contributed by atoms with Gasteiger partial charge in [0.15, 0.2) is 5.82 Å². The number of carbonyl (C=O) groups is 1. The number of benzene rings is 1. The zero-order chi connectivity index (χ0) is 21.8. The molecule has 7 nitrogen and oxygen atoms in total. The van der Waals surface area contributed by atoms with E-state index in [1.54, 1.807) is 49.6 Å². The van der Waals surface area contributed by atoms with Gasteiger partial charge in [0, 0.05) is 42.5 Å². The van der Waals surface area contributed by atoms with Crippen LogP contribution < -0.4 is 16.2 Å². The lowest BCUT2D eigenvalue weighted by molar-refractivity contribution is -0.125. The Bertz CT molecular complexity index is 1150. The lowest BCUT2D eigenvalue weighted by Gasteiger charge is -2.28. The molecule has 2 heterocycles. The predicted octanol–water partition coefficient (Wildman–Crippen LogP) is 3.15. The van der Waals surface area contributed by atoms with Gasteiger partial charge >= 0.3 is 0 Å². The highest BCUT2D eigenvalue weighted by molar-refractivity contribution is 5.78. The second-order valence-electron chi connectivity index (χ2n) is 7.67. The van der Waals surface area contributed by atoms with Crippen LogP contribution in [0.3, 0.4) is 0 Å². The number of nitrogens with zero attached hydrogens (tertiary/aromatic N) is 3. The molecule has 2 unspecified atom stereocenters. The quantitative estimate of drug-likeness (QED) is 0.661. The Morgan fingerprint density at radius 2 is 2.06 bits per heavy atom. The van der Waals surface area contributed by atoms with Crippen LogP contribution in [0.25, 0.3) is 16.9 Å². The zero-order valence-corrected chi connectivity index (χ0v) is 17.2. The van der Waals surface area contributed by atoms with Crippen molar-refractivity contribution in [3.63, 3.8) is 0 Å². The molecule has 1 aliphatic rings. The van der Waals surface area contributed by atoms with Gasteiger partial charge in [-0.05, 0) is 37.5 Å². The molecule has 0 radical (unpaired) electrons. The van der Waals surface area contributed by atoms with Crippen LogP contribution in [-0.4, -0.2) is 33.5 Å². The molecule has 1 aromatic carbocycles. The SMILES string of the molecule is CNC(=O)C1CCCC(Nc2ncc(F)c(-c3cccc(-n4ccccc4=O)c3)n2)C1. The van der Waals surface area contributed by atoms with Crippen LogP contribution >= 0.6 is 0 Å². The average Bonchev–Trinajstić information content (AvgIpc) is 2.80. The topological polar surface area (TPSA) is 88.9 Å². The van der Waals surface area contributed by atoms with Crippen LogP contribution in [0.4, 0.5) is 10.3 Å². The maximum absolute atomic E-state index is 14.6. The summed E-state index contributed by atoms with van der Waals surface area (Å²) in [5.41, 5.74) is 1.15. The van der Waals surface area contributed by atoms with Crippen molar-refractivity contribution in [3.8, 4) is 16.9 Å². The van der Waals surface area contributed by atoms with Crippen molar-refractivity contribution >= 4 is 11.9 Å². The van der Waals surface area contributed by atoms with Crippen molar-refractivity contribution in [2.24, 2.45) is 5.92 Å². The third-order valence-electron chi connectivity index (χ3n) is 5.59. The first kappa shape index (κ1) is 20.7. The Labute approximate surface area is 179 Å². The van der Waals surface area contributed by atoms with E-state index in [0.29, 0.717) is 23.6 Å². The summed E-state index contributed by atoms with van der Waals surface area (Å²) in [6, 6.07) is 12.0. The monoisotopic (exact) mass is 421 g/mol. The number of halogens is 1. The number of rotatable bonds is 5. The summed E-state index contributed by atoms with van der Waals surface area (Å²) < 4.78 is 16.1. The molecule has 0 aliphatic heterocycles. The van der Waals surface area contributed by atoms with Gasteiger partial charge in [0.05, 0.1) is 6.20 Å². The molecule has 2 aromatic heterocycles. The van der Waals surface area contributed by atoms with E-state index in [1.165, 1.54) is 10.6 Å². The molecule has 4 rings (SSSR count). The highest BCUT2D eigenvalue weighted by atomic mass is 19.1. The molecule has 1 saturated carbocycles. The molecule has 0 spiro atoms. The van der Waals surface area contributed by atoms with Gasteiger partial charge in [-0.25, -0.2) is 14.4 Å². The molecule has 0 saturated heterocycles. The highest BCUT2D eigenvalue weighted by Gasteiger charge is 2.27. The van der Waals surface area contributed by atoms with Crippen molar-refractivity contribution < 1.29 is 9.18 Å². The fourth-order valence-corrected chi connectivity index (χ4v) is 4.03. The minimum Gasteiger partial charge on any atom is -0.359 e. The molecule has 1 fully saturated rings. The molecule has 0 bridgehead atoms. The normalized spacial score (nSPS) is 18.4. The zero-order valence-electron chi connectivity index (χ0n) is 17.2. The van der Waals surface area contributed by atoms with Gasteiger partial charge < -0.3 is 10.6 Å². The number of aromatic nitrogens is 3. The number of carbonyl (C=O) groups excluding carboxylic acids is 1. The summed E-state index contributed by atoms with van der Waals surface area (Å²) in [6.07, 6.45) is 6.18. The first-order valence-electron chi connectivity index (χ1n) is 10.3. The van der Waals surface area contributed by atoms with Gasteiger partial charge in [-0.1, -0.05) is 24.6 Å². The molecular formula is C23H24FN5O2. The van der Waals surface area contributed by atoms with Crippen LogP contribution in [0.1, 0.15) is 25.7 Å². The van der Waals surface area contributed by atoms with E-state index in [-0.39, 0.29) is 29.1 Å². The number of nitrogens with one attached hydrogen (secondary N) is 2. The maximum atomic E-state index is 14.6. The average molecular weight is 421 g/mol. The van der Waals surface area contributed by atoms with Crippen LogP contribution in [0.2, 0.25) is 0 Å². The van der Waals surface area contributed by atoms with E-state index < -0.39 is 5.82 Å². The first-order valence-corrected chi connectivity index (χ1v) is 10.3. The number of hydrogen-bond acceptors (Lipinski definition) is 5. The predicted molar refractivity (Wildman–Crippen MR) is 116 cm³/mol. The molecule has 2 atom stereocenters. The second kappa shape index (κ2) is 9.07. The summed E-state index contributed by atoms with van der Waals surface area (Å²) in [7, 11) is 1.65. The van der Waals surface area contributed by atoms with Gasteiger partial charge in [0.1, 0.15) is 5.69 Å². The van der Waals surface area contributed by atoms with Crippen molar-refractivity contribution in [2.75, 3.05) is 12.4 Å². The Kier molecular flexibility index (Phi) is 6.06. The first-order chi connectivity index (χ1) is 15.0. The lowest BCUT2D eigenvalue weighted by atomic mass is 9.85. The molecule has 31 heavy (non-hydrogen) atoms. The van der Waals surface area contributed by atoms with Crippen molar-refractivity contribution in [1.29, 1.82) is 0 Å². The van der Waals surface area contributed by atoms with Crippen LogP contribution in [0.5, 0.6) is 0 Å². The summed E-state index contributed by atoms with van der Waals surface area (Å²) in [5.74, 6) is -0.228. The molecule has 3 aromatic rings. The summed E-state index contributed by atoms with van der Waals surface area (Å²) in [4.78, 5) is 32.6. The smallest absolute Gasteiger partial charge is 0.255 e. The van der Waals surface area contributed by atoms with Crippen molar-refractivity contribution in [1.82, 2.24) is 19.9 Å². The Hall–Kier alpha value is -3.55. The van der Waals surface area contributed by atoms with Gasteiger partial charge in [0.2, 0.25) is 11.9 Å². The van der Waals surface area contributed by atoms with Crippen molar-refractivity contribution in [2.45, 2.75) is 31.7 Å². The Morgan fingerprint density at radius 1 is 1.19 bits per heavy atom. The fraction of sp³-hybridized carbons (Fsp3) is 0.304.